The zero-order valence-corrected chi connectivity index (χ0v) is 12.1. The van der Waals surface area contributed by atoms with Crippen molar-refractivity contribution in [1.82, 2.24) is 0 Å². The van der Waals surface area contributed by atoms with E-state index in [1.54, 1.807) is 6.07 Å². The van der Waals surface area contributed by atoms with Gasteiger partial charge < -0.3 is 5.32 Å². The van der Waals surface area contributed by atoms with Crippen molar-refractivity contribution in [3.63, 3.8) is 0 Å². The number of halogens is 3. The van der Waals surface area contributed by atoms with E-state index in [1.165, 1.54) is 18.2 Å². The Hall–Kier alpha value is -1.57. The van der Waals surface area contributed by atoms with E-state index in [-0.39, 0.29) is 5.82 Å². The summed E-state index contributed by atoms with van der Waals surface area (Å²) in [5.41, 5.74) is 1.77. The summed E-state index contributed by atoms with van der Waals surface area (Å²) in [6, 6.07) is 11.5. The number of nitrogens with one attached hydrogen (secondary N) is 1. The molecule has 19 heavy (non-hydrogen) atoms. The molecule has 5 heteroatoms. The van der Waals surface area contributed by atoms with Crippen LogP contribution in [0.25, 0.3) is 0 Å². The molecule has 0 radical (unpaired) electrons. The van der Waals surface area contributed by atoms with Gasteiger partial charge in [-0.15, -0.1) is 0 Å². The first-order valence-corrected chi connectivity index (χ1v) is 6.64. The maximum atomic E-state index is 13.2. The number of benzene rings is 2. The van der Waals surface area contributed by atoms with E-state index in [4.69, 9.17) is 16.9 Å². The minimum Gasteiger partial charge on any atom is -0.380 e. The molecule has 0 aromatic heterocycles. The molecule has 2 rings (SSSR count). The van der Waals surface area contributed by atoms with Crippen molar-refractivity contribution in [3.8, 4) is 6.07 Å². The maximum Gasteiger partial charge on any atom is 0.123 e. The van der Waals surface area contributed by atoms with Crippen LogP contribution in [0.3, 0.4) is 0 Å². The number of anilines is 1. The molecule has 0 spiro atoms. The number of hydrogen-bond acceptors (Lipinski definition) is 2. The fraction of sp³-hybridized carbons (Fsp3) is 0.0714. The molecule has 0 fully saturated rings. The van der Waals surface area contributed by atoms with Crippen LogP contribution in [0.15, 0.2) is 40.9 Å². The standard InChI is InChI=1S/C14H9BrClFN2/c15-11-2-4-13(16)14(6-11)19-8-10-5-12(17)3-1-9(10)7-18/h1-6,19H,8H2. The third kappa shape index (κ3) is 3.46. The van der Waals surface area contributed by atoms with Gasteiger partial charge in [0.2, 0.25) is 0 Å². The third-order valence-corrected chi connectivity index (χ3v) is 3.41. The summed E-state index contributed by atoms with van der Waals surface area (Å²) in [4.78, 5) is 0. The molecule has 0 unspecified atom stereocenters. The Bertz CT molecular complexity index is 652. The van der Waals surface area contributed by atoms with Crippen molar-refractivity contribution in [2.75, 3.05) is 5.32 Å². The first kappa shape index (κ1) is 13.9. The van der Waals surface area contributed by atoms with Crippen LogP contribution in [0, 0.1) is 17.1 Å². The van der Waals surface area contributed by atoms with Crippen LogP contribution < -0.4 is 5.32 Å². The smallest absolute Gasteiger partial charge is 0.123 e. The molecule has 0 bridgehead atoms. The van der Waals surface area contributed by atoms with Crippen molar-refractivity contribution in [3.05, 3.63) is 62.8 Å². The average molecular weight is 340 g/mol. The molecule has 0 saturated heterocycles. The van der Waals surface area contributed by atoms with Gasteiger partial charge in [-0.05, 0) is 42.0 Å². The van der Waals surface area contributed by atoms with E-state index in [0.29, 0.717) is 22.7 Å². The molecule has 2 aromatic carbocycles. The van der Waals surface area contributed by atoms with Crippen LogP contribution in [0.5, 0.6) is 0 Å². The summed E-state index contributed by atoms with van der Waals surface area (Å²) >= 11 is 9.40. The van der Waals surface area contributed by atoms with Crippen LogP contribution in [0.2, 0.25) is 5.02 Å². The largest absolute Gasteiger partial charge is 0.380 e. The Balaban J connectivity index is 2.21. The van der Waals surface area contributed by atoms with Crippen LogP contribution in [-0.4, -0.2) is 0 Å². The van der Waals surface area contributed by atoms with Crippen LogP contribution in [0.4, 0.5) is 10.1 Å². The number of nitriles is 1. The molecule has 0 atom stereocenters. The normalized spacial score (nSPS) is 10.0. The molecule has 0 amide bonds. The average Bonchev–Trinajstić information content (AvgIpc) is 2.40. The molecule has 0 aliphatic carbocycles. The van der Waals surface area contributed by atoms with E-state index in [0.717, 1.165) is 10.2 Å². The third-order valence-electron chi connectivity index (χ3n) is 2.59. The van der Waals surface area contributed by atoms with Crippen LogP contribution in [0.1, 0.15) is 11.1 Å². The van der Waals surface area contributed by atoms with E-state index in [9.17, 15) is 4.39 Å². The second-order valence-corrected chi connectivity index (χ2v) is 5.21. The van der Waals surface area contributed by atoms with E-state index in [2.05, 4.69) is 21.2 Å². The van der Waals surface area contributed by atoms with Gasteiger partial charge in [-0.2, -0.15) is 5.26 Å². The lowest BCUT2D eigenvalue weighted by molar-refractivity contribution is 0.625. The summed E-state index contributed by atoms with van der Waals surface area (Å²) < 4.78 is 14.1. The van der Waals surface area contributed by atoms with Gasteiger partial charge in [0.1, 0.15) is 5.82 Å². The quantitative estimate of drug-likeness (QED) is 0.878. The fourth-order valence-electron chi connectivity index (χ4n) is 1.64. The summed E-state index contributed by atoms with van der Waals surface area (Å²) in [5.74, 6) is -0.365. The number of hydrogen-bond donors (Lipinski definition) is 1. The first-order chi connectivity index (χ1) is 9.10. The monoisotopic (exact) mass is 338 g/mol. The van der Waals surface area contributed by atoms with Gasteiger partial charge in [0, 0.05) is 11.0 Å². The topological polar surface area (TPSA) is 35.8 Å². The molecule has 2 aromatic rings. The second kappa shape index (κ2) is 6.05. The lowest BCUT2D eigenvalue weighted by Gasteiger charge is -2.10. The molecule has 0 saturated carbocycles. The molecular formula is C14H9BrClFN2. The van der Waals surface area contributed by atoms with Crippen molar-refractivity contribution in [2.24, 2.45) is 0 Å². The fourth-order valence-corrected chi connectivity index (χ4v) is 2.19. The van der Waals surface area contributed by atoms with Crippen molar-refractivity contribution >= 4 is 33.2 Å². The minimum atomic E-state index is -0.365. The van der Waals surface area contributed by atoms with E-state index >= 15 is 0 Å². The predicted octanol–water partition coefficient (Wildman–Crippen LogP) is 4.73. The molecular weight excluding hydrogens is 331 g/mol. The second-order valence-electron chi connectivity index (χ2n) is 3.89. The Labute approximate surface area is 123 Å². The highest BCUT2D eigenvalue weighted by atomic mass is 79.9. The van der Waals surface area contributed by atoms with Gasteiger partial charge in [0.25, 0.3) is 0 Å². The predicted molar refractivity (Wildman–Crippen MR) is 77.6 cm³/mol. The molecule has 0 heterocycles. The molecule has 0 aliphatic heterocycles. The lowest BCUT2D eigenvalue weighted by Crippen LogP contribution is -2.02. The van der Waals surface area contributed by atoms with Gasteiger partial charge in [-0.25, -0.2) is 4.39 Å². The lowest BCUT2D eigenvalue weighted by atomic mass is 10.1. The number of nitrogens with zero attached hydrogens (tertiary/aromatic N) is 1. The first-order valence-electron chi connectivity index (χ1n) is 5.47. The number of rotatable bonds is 3. The van der Waals surface area contributed by atoms with Gasteiger partial charge >= 0.3 is 0 Å². The molecule has 0 aliphatic rings. The highest BCUT2D eigenvalue weighted by Crippen LogP contribution is 2.26. The maximum absolute atomic E-state index is 13.2. The van der Waals surface area contributed by atoms with Gasteiger partial charge in [0.05, 0.1) is 22.3 Å². The van der Waals surface area contributed by atoms with Crippen molar-refractivity contribution < 1.29 is 4.39 Å². The SMILES string of the molecule is N#Cc1ccc(F)cc1CNc1cc(Br)ccc1Cl. The van der Waals surface area contributed by atoms with Crippen molar-refractivity contribution in [2.45, 2.75) is 6.54 Å². The summed E-state index contributed by atoms with van der Waals surface area (Å²) in [6.45, 7) is 0.330. The summed E-state index contributed by atoms with van der Waals surface area (Å²) in [5, 5.41) is 12.6. The van der Waals surface area contributed by atoms with E-state index in [1.807, 2.05) is 18.2 Å². The summed E-state index contributed by atoms with van der Waals surface area (Å²) in [7, 11) is 0. The van der Waals surface area contributed by atoms with Gasteiger partial charge in [-0.3, -0.25) is 0 Å². The highest BCUT2D eigenvalue weighted by molar-refractivity contribution is 9.10. The Morgan fingerprint density at radius 2 is 2.05 bits per heavy atom. The highest BCUT2D eigenvalue weighted by Gasteiger charge is 2.05. The van der Waals surface area contributed by atoms with Gasteiger partial charge in [0.15, 0.2) is 0 Å². The van der Waals surface area contributed by atoms with Crippen LogP contribution in [-0.2, 0) is 6.54 Å². The minimum absolute atomic E-state index is 0.330. The Kier molecular flexibility index (Phi) is 4.41. The molecule has 96 valence electrons. The zero-order chi connectivity index (χ0) is 13.8. The van der Waals surface area contributed by atoms with E-state index < -0.39 is 0 Å². The zero-order valence-electron chi connectivity index (χ0n) is 9.75. The molecule has 1 N–H and O–H groups in total. The van der Waals surface area contributed by atoms with Crippen molar-refractivity contribution in [1.29, 1.82) is 5.26 Å². The molecule has 2 nitrogen and oxygen atoms in total. The Morgan fingerprint density at radius 1 is 1.26 bits per heavy atom. The Morgan fingerprint density at radius 3 is 2.79 bits per heavy atom. The summed E-state index contributed by atoms with van der Waals surface area (Å²) in [6.07, 6.45) is 0. The van der Waals surface area contributed by atoms with Crippen LogP contribution >= 0.6 is 27.5 Å². The van der Waals surface area contributed by atoms with Gasteiger partial charge in [-0.1, -0.05) is 27.5 Å².